The average molecular weight is 672 g/mol. The minimum Gasteiger partial charge on any atom is -0.439 e. The number of aryl methyl sites for hydroxylation is 3. The van der Waals surface area contributed by atoms with Crippen molar-refractivity contribution >= 4 is 28.6 Å². The monoisotopic (exact) mass is 671 g/mol. The van der Waals surface area contributed by atoms with Crippen molar-refractivity contribution in [1.29, 1.82) is 0 Å². The van der Waals surface area contributed by atoms with Gasteiger partial charge < -0.3 is 10.1 Å². The Balaban J connectivity index is 1.06. The number of anilines is 1. The first-order valence-corrected chi connectivity index (χ1v) is 15.9. The average Bonchev–Trinajstić information content (AvgIpc) is 3.88. The molecule has 0 amide bonds. The van der Waals surface area contributed by atoms with E-state index in [0.717, 1.165) is 33.6 Å². The minimum absolute atomic E-state index is 0.482. The SMILES string of the molecule is CNc1cc(-c2cnn(C)c2Oc2ccccc2)nn2c(Cc3ccc(Cc4nn(C)cc4-c4cc(Cl)c5nnc(C)n5n4)cc3)nnc12. The van der Waals surface area contributed by atoms with E-state index in [1.807, 2.05) is 76.7 Å². The summed E-state index contributed by atoms with van der Waals surface area (Å²) in [6.45, 7) is 1.84. The molecule has 0 aliphatic carbocycles. The second kappa shape index (κ2) is 12.1. The summed E-state index contributed by atoms with van der Waals surface area (Å²) >= 11 is 6.53. The number of ether oxygens (including phenoxy) is 1. The molecule has 1 N–H and O–H groups in total. The first kappa shape index (κ1) is 30.2. The number of halogens is 1. The van der Waals surface area contributed by atoms with Crippen molar-refractivity contribution in [1.82, 2.24) is 59.2 Å². The molecule has 6 aromatic heterocycles. The van der Waals surface area contributed by atoms with E-state index in [-0.39, 0.29) is 0 Å². The summed E-state index contributed by atoms with van der Waals surface area (Å²) in [6.07, 6.45) is 4.84. The fourth-order valence-electron chi connectivity index (χ4n) is 5.78. The largest absolute Gasteiger partial charge is 0.439 e. The zero-order chi connectivity index (χ0) is 33.6. The molecule has 0 aliphatic rings. The highest BCUT2D eigenvalue weighted by atomic mass is 35.5. The topological polar surface area (TPSA) is 143 Å². The van der Waals surface area contributed by atoms with Crippen LogP contribution in [0.3, 0.4) is 0 Å². The smallest absolute Gasteiger partial charge is 0.227 e. The van der Waals surface area contributed by atoms with Crippen molar-refractivity contribution in [3.8, 4) is 34.1 Å². The lowest BCUT2D eigenvalue weighted by molar-refractivity contribution is 0.432. The van der Waals surface area contributed by atoms with Crippen molar-refractivity contribution in [3.05, 3.63) is 113 Å². The molecule has 0 aliphatic heterocycles. The van der Waals surface area contributed by atoms with Crippen LogP contribution in [0, 0.1) is 6.92 Å². The standard InChI is InChI=1S/C34H30ClN13O/c1-20-38-40-32-26(35)16-28(43-47(20)32)25-19-45(3)42-27(25)14-21-10-12-22(13-11-21)15-31-39-41-33-30(36-2)17-29(44-48(31)33)24-18-37-46(4)34(24)49-23-8-6-5-7-9-23/h5-13,16-19,36H,14-15H2,1-4H3. The summed E-state index contributed by atoms with van der Waals surface area (Å²) in [4.78, 5) is 0. The predicted molar refractivity (Wildman–Crippen MR) is 184 cm³/mol. The Morgan fingerprint density at radius 2 is 1.49 bits per heavy atom. The number of hydrogen-bond acceptors (Lipinski definition) is 10. The Morgan fingerprint density at radius 1 is 0.776 bits per heavy atom. The number of nitrogens with one attached hydrogen (secondary N) is 1. The number of aromatic nitrogens is 12. The summed E-state index contributed by atoms with van der Waals surface area (Å²) in [5, 5.41) is 39.8. The van der Waals surface area contributed by atoms with Gasteiger partial charge in [-0.1, -0.05) is 54.1 Å². The van der Waals surface area contributed by atoms with Crippen LogP contribution in [0.5, 0.6) is 11.6 Å². The van der Waals surface area contributed by atoms with E-state index < -0.39 is 0 Å². The van der Waals surface area contributed by atoms with E-state index >= 15 is 0 Å². The molecule has 0 atom stereocenters. The number of fused-ring (bicyclic) bond motifs is 2. The summed E-state index contributed by atoms with van der Waals surface area (Å²) in [6, 6.07) is 21.7. The molecule has 0 spiro atoms. The molecule has 0 unspecified atom stereocenters. The molecule has 0 saturated heterocycles. The van der Waals surface area contributed by atoms with Gasteiger partial charge >= 0.3 is 0 Å². The van der Waals surface area contributed by atoms with Crippen LogP contribution in [0.25, 0.3) is 33.8 Å². The van der Waals surface area contributed by atoms with Gasteiger partial charge in [0.05, 0.1) is 33.9 Å². The van der Waals surface area contributed by atoms with Crippen LogP contribution in [-0.4, -0.2) is 66.2 Å². The Hall–Kier alpha value is -6.15. The fraction of sp³-hybridized carbons (Fsp3) is 0.176. The van der Waals surface area contributed by atoms with Crippen LogP contribution in [0.2, 0.25) is 5.02 Å². The second-order valence-corrected chi connectivity index (χ2v) is 12.0. The third-order valence-corrected chi connectivity index (χ3v) is 8.52. The molecule has 2 aromatic carbocycles. The molecule has 6 heterocycles. The highest BCUT2D eigenvalue weighted by molar-refractivity contribution is 6.33. The lowest BCUT2D eigenvalue weighted by Gasteiger charge is -2.10. The molecule has 14 nitrogen and oxygen atoms in total. The minimum atomic E-state index is 0.482. The number of para-hydroxylation sites is 1. The maximum absolute atomic E-state index is 6.53. The van der Waals surface area contributed by atoms with Gasteiger partial charge in [0.1, 0.15) is 11.4 Å². The highest BCUT2D eigenvalue weighted by Gasteiger charge is 2.20. The second-order valence-electron chi connectivity index (χ2n) is 11.6. The maximum atomic E-state index is 6.53. The molecule has 15 heteroatoms. The van der Waals surface area contributed by atoms with Gasteiger partial charge in [-0.05, 0) is 42.3 Å². The molecule has 8 rings (SSSR count). The van der Waals surface area contributed by atoms with Crippen LogP contribution in [-0.2, 0) is 26.9 Å². The molecule has 0 bridgehead atoms. The number of hydrogen-bond donors (Lipinski definition) is 1. The summed E-state index contributed by atoms with van der Waals surface area (Å²) in [5.74, 6) is 2.65. The lowest BCUT2D eigenvalue weighted by Crippen LogP contribution is -2.05. The third kappa shape index (κ3) is 5.61. The number of benzene rings is 2. The van der Waals surface area contributed by atoms with Gasteiger partial charge in [0.2, 0.25) is 11.5 Å². The van der Waals surface area contributed by atoms with Crippen LogP contribution < -0.4 is 10.1 Å². The van der Waals surface area contributed by atoms with Crippen molar-refractivity contribution in [2.75, 3.05) is 12.4 Å². The zero-order valence-electron chi connectivity index (χ0n) is 27.1. The third-order valence-electron chi connectivity index (χ3n) is 8.24. The van der Waals surface area contributed by atoms with Crippen LogP contribution >= 0.6 is 11.6 Å². The molecular weight excluding hydrogens is 642 g/mol. The van der Waals surface area contributed by atoms with Gasteiger partial charge in [-0.25, -0.2) is 4.68 Å². The van der Waals surface area contributed by atoms with E-state index in [9.17, 15) is 0 Å². The highest BCUT2D eigenvalue weighted by Crippen LogP contribution is 2.34. The quantitative estimate of drug-likeness (QED) is 0.214. The van der Waals surface area contributed by atoms with E-state index in [0.29, 0.717) is 63.8 Å². The number of nitrogens with zero attached hydrogens (tertiary/aromatic N) is 12. The van der Waals surface area contributed by atoms with Gasteiger partial charge in [0.15, 0.2) is 17.3 Å². The van der Waals surface area contributed by atoms with E-state index in [2.05, 4.69) is 55.1 Å². The Labute approximate surface area is 285 Å². The summed E-state index contributed by atoms with van der Waals surface area (Å²) < 4.78 is 13.1. The predicted octanol–water partition coefficient (Wildman–Crippen LogP) is 5.34. The van der Waals surface area contributed by atoms with Gasteiger partial charge in [-0.3, -0.25) is 4.68 Å². The van der Waals surface area contributed by atoms with E-state index in [1.54, 1.807) is 24.6 Å². The van der Waals surface area contributed by atoms with Crippen molar-refractivity contribution in [2.24, 2.45) is 14.1 Å². The Kier molecular flexibility index (Phi) is 7.48. The Bertz CT molecular complexity index is 2460. The maximum Gasteiger partial charge on any atom is 0.227 e. The van der Waals surface area contributed by atoms with E-state index in [4.69, 9.17) is 31.6 Å². The summed E-state index contributed by atoms with van der Waals surface area (Å²) in [5.41, 5.74) is 8.01. The first-order chi connectivity index (χ1) is 23.8. The normalized spacial score (nSPS) is 11.5. The van der Waals surface area contributed by atoms with Gasteiger partial charge in [0, 0.05) is 45.7 Å². The van der Waals surface area contributed by atoms with Crippen LogP contribution in [0.1, 0.15) is 28.5 Å². The molecule has 8 aromatic rings. The Morgan fingerprint density at radius 3 is 2.27 bits per heavy atom. The molecule has 0 fully saturated rings. The zero-order valence-corrected chi connectivity index (χ0v) is 27.8. The van der Waals surface area contributed by atoms with Crippen LogP contribution in [0.4, 0.5) is 5.69 Å². The molecule has 49 heavy (non-hydrogen) atoms. The van der Waals surface area contributed by atoms with Crippen LogP contribution in [0.15, 0.2) is 79.1 Å². The number of rotatable bonds is 9. The summed E-state index contributed by atoms with van der Waals surface area (Å²) in [7, 11) is 5.59. The van der Waals surface area contributed by atoms with Gasteiger partial charge in [-0.2, -0.15) is 29.4 Å². The van der Waals surface area contributed by atoms with Gasteiger partial charge in [-0.15, -0.1) is 20.4 Å². The fourth-order valence-corrected chi connectivity index (χ4v) is 6.00. The van der Waals surface area contributed by atoms with Gasteiger partial charge in [0.25, 0.3) is 0 Å². The molecular formula is C34H30ClN13O. The first-order valence-electron chi connectivity index (χ1n) is 15.5. The van der Waals surface area contributed by atoms with Crippen molar-refractivity contribution in [3.63, 3.8) is 0 Å². The molecule has 0 saturated carbocycles. The molecule has 244 valence electrons. The molecule has 0 radical (unpaired) electrons. The lowest BCUT2D eigenvalue weighted by atomic mass is 10.0. The van der Waals surface area contributed by atoms with Crippen molar-refractivity contribution in [2.45, 2.75) is 19.8 Å². The van der Waals surface area contributed by atoms with Crippen molar-refractivity contribution < 1.29 is 4.74 Å². The van der Waals surface area contributed by atoms with E-state index in [1.165, 1.54) is 0 Å².